The molecule has 0 aromatic carbocycles. The molecule has 2 fully saturated rings. The largest absolute Gasteiger partial charge is 0.463 e. The summed E-state index contributed by atoms with van der Waals surface area (Å²) in [5.41, 5.74) is 0. The number of carbonyl (C=O) groups is 1. The van der Waals surface area contributed by atoms with Crippen LogP contribution in [0, 0.1) is 23.7 Å². The van der Waals surface area contributed by atoms with Crippen LogP contribution in [0.4, 0.5) is 0 Å². The number of hydrogen-bond donors (Lipinski definition) is 0. The Morgan fingerprint density at radius 1 is 0.880 bits per heavy atom. The molecule has 0 radical (unpaired) electrons. The normalized spacial score (nSPS) is 30.0. The number of esters is 1. The van der Waals surface area contributed by atoms with Gasteiger partial charge in [0, 0.05) is 6.08 Å². The lowest BCUT2D eigenvalue weighted by Gasteiger charge is -2.38. The van der Waals surface area contributed by atoms with Gasteiger partial charge in [0.15, 0.2) is 0 Å². The number of carbonyl (C=O) groups excluding carboxylic acids is 1. The van der Waals surface area contributed by atoms with Gasteiger partial charge in [-0.3, -0.25) is 0 Å². The Morgan fingerprint density at radius 3 is 1.88 bits per heavy atom. The van der Waals surface area contributed by atoms with Crippen molar-refractivity contribution in [1.82, 2.24) is 0 Å². The van der Waals surface area contributed by atoms with Crippen molar-refractivity contribution in [3.8, 4) is 0 Å². The third kappa shape index (κ3) is 7.54. The van der Waals surface area contributed by atoms with E-state index in [0.717, 1.165) is 30.1 Å². The van der Waals surface area contributed by atoms with E-state index in [9.17, 15) is 4.79 Å². The molecule has 0 aliphatic heterocycles. The summed E-state index contributed by atoms with van der Waals surface area (Å²) in [5, 5.41) is 0. The van der Waals surface area contributed by atoms with Gasteiger partial charge in [0.25, 0.3) is 0 Å². The lowest BCUT2D eigenvalue weighted by molar-refractivity contribution is -0.137. The Hall–Kier alpha value is -0.790. The van der Waals surface area contributed by atoms with Crippen LogP contribution in [0.15, 0.2) is 12.7 Å². The van der Waals surface area contributed by atoms with Crippen LogP contribution in [0.5, 0.6) is 0 Å². The average molecular weight is 349 g/mol. The molecule has 2 saturated carbocycles. The molecule has 2 rings (SSSR count). The summed E-state index contributed by atoms with van der Waals surface area (Å²) in [6.07, 6.45) is 20.9. The summed E-state index contributed by atoms with van der Waals surface area (Å²) in [6, 6.07) is 0. The van der Waals surface area contributed by atoms with E-state index in [0.29, 0.717) is 6.61 Å². The van der Waals surface area contributed by atoms with E-state index >= 15 is 0 Å². The first kappa shape index (κ1) is 20.5. The minimum absolute atomic E-state index is 0.283. The lowest BCUT2D eigenvalue weighted by Crippen LogP contribution is -2.26. The molecule has 2 aliphatic rings. The van der Waals surface area contributed by atoms with Gasteiger partial charge in [-0.2, -0.15) is 0 Å². The van der Waals surface area contributed by atoms with E-state index in [4.69, 9.17) is 4.74 Å². The SMILES string of the molecule is C=CC(=O)OCCC[C@H]1CC[C@H]([C@H]2CC[C@H](CCCCC)CC2)CC1. The zero-order valence-corrected chi connectivity index (χ0v) is 16.5. The second-order valence-corrected chi connectivity index (χ2v) is 8.57. The first-order chi connectivity index (χ1) is 12.2. The topological polar surface area (TPSA) is 26.3 Å². The Bertz CT molecular complexity index is 374. The Morgan fingerprint density at radius 2 is 1.40 bits per heavy atom. The van der Waals surface area contributed by atoms with Crippen molar-refractivity contribution in [2.75, 3.05) is 6.61 Å². The van der Waals surface area contributed by atoms with Gasteiger partial charge in [-0.1, -0.05) is 64.9 Å². The molecular formula is C23H40O2. The monoisotopic (exact) mass is 348 g/mol. The highest BCUT2D eigenvalue weighted by molar-refractivity contribution is 5.81. The maximum atomic E-state index is 11.0. The summed E-state index contributed by atoms with van der Waals surface area (Å²) in [4.78, 5) is 11.0. The molecule has 25 heavy (non-hydrogen) atoms. The van der Waals surface area contributed by atoms with Crippen LogP contribution >= 0.6 is 0 Å². The van der Waals surface area contributed by atoms with Crippen molar-refractivity contribution in [1.29, 1.82) is 0 Å². The van der Waals surface area contributed by atoms with Crippen LogP contribution in [0.3, 0.4) is 0 Å². The molecule has 0 atom stereocenters. The van der Waals surface area contributed by atoms with Gasteiger partial charge < -0.3 is 4.74 Å². The van der Waals surface area contributed by atoms with E-state index in [-0.39, 0.29) is 5.97 Å². The molecule has 0 heterocycles. The van der Waals surface area contributed by atoms with Crippen molar-refractivity contribution in [2.24, 2.45) is 23.7 Å². The van der Waals surface area contributed by atoms with Crippen LogP contribution < -0.4 is 0 Å². The fourth-order valence-electron chi connectivity index (χ4n) is 5.18. The molecule has 0 aromatic rings. The predicted octanol–water partition coefficient (Wildman–Crippen LogP) is 6.69. The van der Waals surface area contributed by atoms with Gasteiger partial charge in [0.1, 0.15) is 0 Å². The molecule has 2 heteroatoms. The first-order valence-corrected chi connectivity index (χ1v) is 11.0. The van der Waals surface area contributed by atoms with Gasteiger partial charge in [-0.05, 0) is 62.2 Å². The zero-order chi connectivity index (χ0) is 17.9. The fraction of sp³-hybridized carbons (Fsp3) is 0.870. The summed E-state index contributed by atoms with van der Waals surface area (Å²) >= 11 is 0. The zero-order valence-electron chi connectivity index (χ0n) is 16.5. The van der Waals surface area contributed by atoms with Gasteiger partial charge >= 0.3 is 5.97 Å². The molecule has 0 N–H and O–H groups in total. The Labute approximate surface area is 155 Å². The number of ether oxygens (including phenoxy) is 1. The van der Waals surface area contributed by atoms with Gasteiger partial charge in [0.05, 0.1) is 6.61 Å². The number of rotatable bonds is 10. The molecule has 0 bridgehead atoms. The van der Waals surface area contributed by atoms with Gasteiger partial charge in [-0.15, -0.1) is 0 Å². The van der Waals surface area contributed by atoms with E-state index < -0.39 is 0 Å². The van der Waals surface area contributed by atoms with Crippen LogP contribution in [-0.4, -0.2) is 12.6 Å². The highest BCUT2D eigenvalue weighted by atomic mass is 16.5. The molecule has 0 aromatic heterocycles. The minimum Gasteiger partial charge on any atom is -0.463 e. The van der Waals surface area contributed by atoms with Crippen molar-refractivity contribution < 1.29 is 9.53 Å². The third-order valence-electron chi connectivity index (χ3n) is 6.83. The lowest BCUT2D eigenvalue weighted by atomic mass is 9.68. The Kier molecular flexibility index (Phi) is 9.65. The van der Waals surface area contributed by atoms with E-state index in [1.165, 1.54) is 89.5 Å². The quantitative estimate of drug-likeness (QED) is 0.250. The number of hydrogen-bond acceptors (Lipinski definition) is 2. The number of unbranched alkanes of at least 4 members (excludes halogenated alkanes) is 2. The highest BCUT2D eigenvalue weighted by Crippen LogP contribution is 2.43. The van der Waals surface area contributed by atoms with Gasteiger partial charge in [-0.25, -0.2) is 4.79 Å². The van der Waals surface area contributed by atoms with Crippen molar-refractivity contribution >= 4 is 5.97 Å². The standard InChI is InChI=1S/C23H40O2/c1-3-5-6-8-19-10-14-21(15-11-19)22-16-12-20(13-17-22)9-7-18-25-23(24)4-2/h4,19-22H,2-3,5-18H2,1H3/t19-,20-,21-,22-. The second-order valence-electron chi connectivity index (χ2n) is 8.57. The van der Waals surface area contributed by atoms with E-state index in [2.05, 4.69) is 13.5 Å². The summed E-state index contributed by atoms with van der Waals surface area (Å²) in [7, 11) is 0. The molecule has 2 nitrogen and oxygen atoms in total. The Balaban J connectivity index is 1.55. The molecule has 144 valence electrons. The van der Waals surface area contributed by atoms with E-state index in [1.54, 1.807) is 0 Å². The van der Waals surface area contributed by atoms with Crippen LogP contribution in [-0.2, 0) is 9.53 Å². The van der Waals surface area contributed by atoms with Crippen LogP contribution in [0.1, 0.15) is 96.8 Å². The third-order valence-corrected chi connectivity index (χ3v) is 6.83. The van der Waals surface area contributed by atoms with Crippen molar-refractivity contribution in [2.45, 2.75) is 96.8 Å². The molecule has 0 spiro atoms. The van der Waals surface area contributed by atoms with E-state index in [1.807, 2.05) is 0 Å². The summed E-state index contributed by atoms with van der Waals surface area (Å²) in [5.74, 6) is 3.65. The maximum absolute atomic E-state index is 11.0. The van der Waals surface area contributed by atoms with Crippen molar-refractivity contribution in [3.05, 3.63) is 12.7 Å². The van der Waals surface area contributed by atoms with Crippen LogP contribution in [0.25, 0.3) is 0 Å². The minimum atomic E-state index is -0.283. The summed E-state index contributed by atoms with van der Waals surface area (Å²) in [6.45, 7) is 6.30. The molecular weight excluding hydrogens is 308 g/mol. The van der Waals surface area contributed by atoms with Crippen molar-refractivity contribution in [3.63, 3.8) is 0 Å². The molecule has 0 saturated heterocycles. The predicted molar refractivity (Wildman–Crippen MR) is 105 cm³/mol. The maximum Gasteiger partial charge on any atom is 0.330 e. The molecule has 0 amide bonds. The second kappa shape index (κ2) is 11.8. The van der Waals surface area contributed by atoms with Gasteiger partial charge in [0.2, 0.25) is 0 Å². The molecule has 2 aliphatic carbocycles. The smallest absolute Gasteiger partial charge is 0.330 e. The summed E-state index contributed by atoms with van der Waals surface area (Å²) < 4.78 is 5.09. The van der Waals surface area contributed by atoms with Crippen LogP contribution in [0.2, 0.25) is 0 Å². The molecule has 0 unspecified atom stereocenters. The average Bonchev–Trinajstić information content (AvgIpc) is 2.66. The highest BCUT2D eigenvalue weighted by Gasteiger charge is 2.30. The fourth-order valence-corrected chi connectivity index (χ4v) is 5.18. The first-order valence-electron chi connectivity index (χ1n) is 11.0.